The zero-order valence-corrected chi connectivity index (χ0v) is 14.9. The predicted octanol–water partition coefficient (Wildman–Crippen LogP) is -0.581. The summed E-state index contributed by atoms with van der Waals surface area (Å²) in [5, 5.41) is 0. The van der Waals surface area contributed by atoms with E-state index in [4.69, 9.17) is 0 Å². The molecule has 0 spiro atoms. The quantitative estimate of drug-likeness (QED) is 0.381. The first-order valence-corrected chi connectivity index (χ1v) is 9.08. The molecule has 2 nitrogen and oxygen atoms in total. The van der Waals surface area contributed by atoms with Gasteiger partial charge in [0.15, 0.2) is 0 Å². The molecule has 1 aliphatic rings. The number of ketones is 1. The van der Waals surface area contributed by atoms with Crippen molar-refractivity contribution in [3.8, 4) is 0 Å². The van der Waals surface area contributed by atoms with Crippen LogP contribution in [0.1, 0.15) is 45.6 Å². The molecule has 0 saturated heterocycles. The van der Waals surface area contributed by atoms with Gasteiger partial charge in [0.05, 0.1) is 0 Å². The molecule has 0 fully saturated rings. The number of carbonyl (C=O) groups excluding carboxylic acids is 1. The van der Waals surface area contributed by atoms with Gasteiger partial charge >= 0.3 is 117 Å². The first-order valence-electron chi connectivity index (χ1n) is 6.35. The molecule has 19 heavy (non-hydrogen) atoms. The van der Waals surface area contributed by atoms with Crippen LogP contribution in [-0.4, -0.2) is 20.3 Å². The molecule has 0 aliphatic heterocycles. The summed E-state index contributed by atoms with van der Waals surface area (Å²) in [6, 6.07) is 3.96. The van der Waals surface area contributed by atoms with Crippen LogP contribution < -0.4 is 21.5 Å². The molecule has 0 N–H and O–H groups in total. The molecule has 1 unspecified atom stereocenters. The molecule has 1 atom stereocenters. The normalized spacial score (nSPS) is 15.4. The molecule has 0 amide bonds. The standard InChI is InChI=1S/C14H16NOSSe.BrH/c1-10(14(16)13-7-4-8-18-13)15-9-17-12-6-3-2-5-11(12)15;/h4,7-10H,2-3,5-6H2,1H3;1H/q+1;/p-1. The third kappa shape index (κ3) is 2.94. The number of rotatable bonds is 3. The van der Waals surface area contributed by atoms with Gasteiger partial charge in [0.1, 0.15) is 0 Å². The average Bonchev–Trinajstić information content (AvgIpc) is 3.06. The number of aryl methyl sites for hydroxylation is 1. The maximum Gasteiger partial charge on any atom is -1.00 e. The summed E-state index contributed by atoms with van der Waals surface area (Å²) in [5.41, 5.74) is 3.56. The minimum atomic E-state index is -0.0314. The van der Waals surface area contributed by atoms with E-state index in [0.717, 1.165) is 10.9 Å². The van der Waals surface area contributed by atoms with E-state index >= 15 is 0 Å². The van der Waals surface area contributed by atoms with Crippen LogP contribution in [0.25, 0.3) is 0 Å². The molecular weight excluding hydrogens is 389 g/mol. The Kier molecular flexibility index (Phi) is 5.18. The van der Waals surface area contributed by atoms with Gasteiger partial charge in [-0.1, -0.05) is 0 Å². The van der Waals surface area contributed by atoms with Gasteiger partial charge in [-0.25, -0.2) is 0 Å². The summed E-state index contributed by atoms with van der Waals surface area (Å²) in [6.45, 7) is 2.04. The number of hydrogen-bond acceptors (Lipinski definition) is 2. The van der Waals surface area contributed by atoms with Gasteiger partial charge in [0.2, 0.25) is 0 Å². The maximum absolute atomic E-state index is 12.4. The van der Waals surface area contributed by atoms with Crippen LogP contribution >= 0.6 is 11.3 Å². The number of aromatic nitrogens is 1. The zero-order chi connectivity index (χ0) is 12.5. The first-order chi connectivity index (χ1) is 8.77. The van der Waals surface area contributed by atoms with Crippen molar-refractivity contribution in [1.82, 2.24) is 0 Å². The molecule has 3 rings (SSSR count). The molecule has 5 heteroatoms. The summed E-state index contributed by atoms with van der Waals surface area (Å²) in [7, 11) is 0. The number of Topliss-reactive ketones (excluding diaryl/α,β-unsaturated/α-hetero) is 1. The summed E-state index contributed by atoms with van der Waals surface area (Å²) in [4.78, 5) is 16.0. The van der Waals surface area contributed by atoms with E-state index in [-0.39, 0.29) is 37.5 Å². The average molecular weight is 405 g/mol. The van der Waals surface area contributed by atoms with Gasteiger partial charge in [-0.05, 0) is 0 Å². The van der Waals surface area contributed by atoms with Crippen molar-refractivity contribution in [3.05, 3.63) is 37.6 Å². The zero-order valence-electron chi connectivity index (χ0n) is 10.8. The molecule has 0 bridgehead atoms. The Morgan fingerprint density at radius 2 is 2.21 bits per heavy atom. The first kappa shape index (κ1) is 15.2. The van der Waals surface area contributed by atoms with E-state index in [1.54, 1.807) is 0 Å². The van der Waals surface area contributed by atoms with E-state index in [1.165, 1.54) is 29.8 Å². The van der Waals surface area contributed by atoms with Gasteiger partial charge in [-0.15, -0.1) is 0 Å². The molecule has 102 valence electrons. The second-order valence-electron chi connectivity index (χ2n) is 4.73. The van der Waals surface area contributed by atoms with Crippen LogP contribution in [-0.2, 0) is 12.8 Å². The van der Waals surface area contributed by atoms with Crippen LogP contribution in [0, 0.1) is 0 Å². The van der Waals surface area contributed by atoms with Crippen molar-refractivity contribution < 1.29 is 26.3 Å². The fourth-order valence-corrected chi connectivity index (χ4v) is 5.25. The smallest absolute Gasteiger partial charge is 1.00 e. The molecular formula is C14H16BrNOSSe. The van der Waals surface area contributed by atoms with Crippen molar-refractivity contribution in [2.75, 3.05) is 0 Å². The Morgan fingerprint density at radius 1 is 1.42 bits per heavy atom. The number of thiazole rings is 1. The molecule has 0 saturated carbocycles. The maximum atomic E-state index is 12.4. The van der Waals surface area contributed by atoms with Crippen LogP contribution in [0.15, 0.2) is 22.6 Å². The second kappa shape index (κ2) is 6.49. The molecule has 0 aromatic carbocycles. The Labute approximate surface area is 134 Å². The number of halogens is 1. The fourth-order valence-electron chi connectivity index (χ4n) is 2.52. The van der Waals surface area contributed by atoms with Crippen LogP contribution in [0.5, 0.6) is 0 Å². The predicted molar refractivity (Wildman–Crippen MR) is 73.6 cm³/mol. The van der Waals surface area contributed by atoms with Gasteiger partial charge in [0.25, 0.3) is 0 Å². The van der Waals surface area contributed by atoms with E-state index < -0.39 is 0 Å². The number of carbonyl (C=O) groups is 1. The summed E-state index contributed by atoms with van der Waals surface area (Å²) < 4.78 is 3.23. The Morgan fingerprint density at radius 3 is 2.95 bits per heavy atom. The van der Waals surface area contributed by atoms with Gasteiger partial charge in [0, 0.05) is 0 Å². The van der Waals surface area contributed by atoms with Crippen molar-refractivity contribution in [3.63, 3.8) is 0 Å². The van der Waals surface area contributed by atoms with E-state index in [2.05, 4.69) is 15.0 Å². The summed E-state index contributed by atoms with van der Waals surface area (Å²) in [5.74, 6) is 0.302. The van der Waals surface area contributed by atoms with Crippen molar-refractivity contribution >= 4 is 31.6 Å². The van der Waals surface area contributed by atoms with Crippen molar-refractivity contribution in [2.45, 2.75) is 38.6 Å². The summed E-state index contributed by atoms with van der Waals surface area (Å²) >= 11 is 2.07. The largest absolute Gasteiger partial charge is 1.00 e. The number of hydrogen-bond donors (Lipinski definition) is 0. The van der Waals surface area contributed by atoms with E-state index in [1.807, 2.05) is 30.4 Å². The van der Waals surface area contributed by atoms with Gasteiger partial charge < -0.3 is 17.0 Å². The molecule has 2 aromatic heterocycles. The Balaban J connectivity index is 0.00000133. The monoisotopic (exact) mass is 405 g/mol. The van der Waals surface area contributed by atoms with Crippen molar-refractivity contribution in [1.29, 1.82) is 0 Å². The molecule has 2 heterocycles. The minimum Gasteiger partial charge on any atom is -1.00 e. The van der Waals surface area contributed by atoms with Crippen LogP contribution in [0.4, 0.5) is 0 Å². The molecule has 0 radical (unpaired) electrons. The number of fused-ring (bicyclic) bond motifs is 1. The van der Waals surface area contributed by atoms with Crippen LogP contribution in [0.2, 0.25) is 0 Å². The van der Waals surface area contributed by atoms with Crippen LogP contribution in [0.3, 0.4) is 0 Å². The Bertz CT molecular complexity index is 564. The van der Waals surface area contributed by atoms with Crippen molar-refractivity contribution in [2.24, 2.45) is 0 Å². The van der Waals surface area contributed by atoms with E-state index in [9.17, 15) is 4.79 Å². The Hall–Kier alpha value is -0.221. The second-order valence-corrected chi connectivity index (χ2v) is 7.65. The van der Waals surface area contributed by atoms with Gasteiger partial charge in [-0.2, -0.15) is 0 Å². The third-order valence-corrected chi connectivity index (χ3v) is 6.48. The van der Waals surface area contributed by atoms with Gasteiger partial charge in [-0.3, -0.25) is 0 Å². The van der Waals surface area contributed by atoms with E-state index in [0.29, 0.717) is 5.78 Å². The SMILES string of the molecule is CC(C(=O)c1ccc[se]1)[n+]1csc2c1CCCC2.[Br-]. The minimum absolute atomic E-state index is 0. The molecule has 1 aliphatic carbocycles. The molecule has 2 aromatic rings. The summed E-state index contributed by atoms with van der Waals surface area (Å²) in [6.07, 6.45) is 4.90. The number of nitrogens with zero attached hydrogens (tertiary/aromatic N) is 1. The fraction of sp³-hybridized carbons (Fsp3) is 0.429. The topological polar surface area (TPSA) is 20.9 Å². The third-order valence-electron chi connectivity index (χ3n) is 3.57.